The summed E-state index contributed by atoms with van der Waals surface area (Å²) in [5.74, 6) is -2.59. The van der Waals surface area contributed by atoms with Crippen molar-refractivity contribution in [3.05, 3.63) is 48.8 Å². The van der Waals surface area contributed by atoms with Gasteiger partial charge in [0.05, 0.1) is 27.9 Å². The molecule has 0 bridgehead atoms. The van der Waals surface area contributed by atoms with Crippen LogP contribution >= 0.6 is 27.5 Å². The fourth-order valence-corrected chi connectivity index (χ4v) is 4.33. The molecule has 1 unspecified atom stereocenters. The Labute approximate surface area is 233 Å². The second-order valence-electron chi connectivity index (χ2n) is 7.81. The smallest absolute Gasteiger partial charge is 0.435 e. The molecule has 0 radical (unpaired) electrons. The van der Waals surface area contributed by atoms with Crippen LogP contribution in [0, 0.1) is 0 Å². The Morgan fingerprint density at radius 3 is 2.08 bits per heavy atom. The van der Waals surface area contributed by atoms with Gasteiger partial charge < -0.3 is 9.47 Å². The Balaban J connectivity index is 3.24. The first-order valence-electron chi connectivity index (χ1n) is 11.2. The summed E-state index contributed by atoms with van der Waals surface area (Å²) >= 11 is 8.21. The number of anilines is 2. The number of alkyl halides is 9. The molecule has 2 aromatic rings. The first-order valence-corrected chi connectivity index (χ1v) is 12.4. The molecule has 0 aliphatic rings. The van der Waals surface area contributed by atoms with Crippen LogP contribution in [-0.2, 0) is 39.3 Å². The minimum atomic E-state index is -5.42. The first kappa shape index (κ1) is 33.7. The normalized spacial score (nSPS) is 13.3. The zero-order chi connectivity index (χ0) is 30.8. The average molecular weight is 677 g/mol. The van der Waals surface area contributed by atoms with Crippen molar-refractivity contribution in [3.8, 4) is 0 Å². The van der Waals surface area contributed by atoms with E-state index in [0.717, 1.165) is 0 Å². The molecule has 0 spiro atoms. The molecule has 1 atom stereocenters. The number of aromatic nitrogens is 2. The summed E-state index contributed by atoms with van der Waals surface area (Å²) in [5, 5.41) is -1.41. The SMILES string of the molecule is CCCn1c(N(c2cc(C(F)(F)F)cc(C(F)(F)F)c2Br)C(OCC)C(=O)OCC)nc(C(F)(F)F)c(Cl)c1=O. The fourth-order valence-electron chi connectivity index (χ4n) is 3.43. The summed E-state index contributed by atoms with van der Waals surface area (Å²) in [5.41, 5.74) is -8.44. The minimum absolute atomic E-state index is 0.0143. The molecule has 7 nitrogen and oxygen atoms in total. The van der Waals surface area contributed by atoms with E-state index >= 15 is 0 Å². The highest BCUT2D eigenvalue weighted by Crippen LogP contribution is 2.46. The molecule has 0 fully saturated rings. The molecular weight excluding hydrogens is 657 g/mol. The largest absolute Gasteiger partial charge is 0.463 e. The molecule has 0 aliphatic carbocycles. The summed E-state index contributed by atoms with van der Waals surface area (Å²) in [7, 11) is 0. The van der Waals surface area contributed by atoms with E-state index in [1.807, 2.05) is 0 Å². The van der Waals surface area contributed by atoms with Crippen LogP contribution in [0.3, 0.4) is 0 Å². The van der Waals surface area contributed by atoms with Crippen molar-refractivity contribution in [2.45, 2.75) is 58.5 Å². The lowest BCUT2D eigenvalue weighted by atomic mass is 10.1. The van der Waals surface area contributed by atoms with Gasteiger partial charge in [0.1, 0.15) is 5.02 Å². The van der Waals surface area contributed by atoms with E-state index in [1.54, 1.807) is 0 Å². The highest BCUT2D eigenvalue weighted by molar-refractivity contribution is 9.10. The molecule has 18 heteroatoms. The van der Waals surface area contributed by atoms with E-state index in [-0.39, 0.29) is 30.1 Å². The Morgan fingerprint density at radius 2 is 1.62 bits per heavy atom. The van der Waals surface area contributed by atoms with E-state index in [0.29, 0.717) is 4.57 Å². The van der Waals surface area contributed by atoms with Crippen LogP contribution in [0.2, 0.25) is 5.02 Å². The van der Waals surface area contributed by atoms with Crippen LogP contribution in [-0.4, -0.2) is 35.0 Å². The van der Waals surface area contributed by atoms with E-state index in [1.165, 1.54) is 20.8 Å². The van der Waals surface area contributed by atoms with Crippen LogP contribution in [0.25, 0.3) is 0 Å². The van der Waals surface area contributed by atoms with Crippen LogP contribution in [0.15, 0.2) is 21.4 Å². The van der Waals surface area contributed by atoms with Gasteiger partial charge in [0.15, 0.2) is 5.69 Å². The second kappa shape index (κ2) is 12.5. The van der Waals surface area contributed by atoms with Gasteiger partial charge in [-0.2, -0.15) is 39.5 Å². The van der Waals surface area contributed by atoms with Gasteiger partial charge in [0, 0.05) is 13.2 Å². The summed E-state index contributed by atoms with van der Waals surface area (Å²) in [6.07, 6.45) is -18.5. The highest BCUT2D eigenvalue weighted by Gasteiger charge is 2.44. The van der Waals surface area contributed by atoms with Gasteiger partial charge in [-0.25, -0.2) is 9.78 Å². The van der Waals surface area contributed by atoms with Crippen molar-refractivity contribution in [3.63, 3.8) is 0 Å². The van der Waals surface area contributed by atoms with Crippen LogP contribution in [0.4, 0.5) is 51.1 Å². The molecule has 0 N–H and O–H groups in total. The standard InChI is InChI=1S/C22H20BrClF9N3O4/c1-4-7-35-16(37)14(24)15(22(31,32)33)34-19(35)36(17(39-5-2)18(38)40-6-3)12-9-10(20(25,26)27)8-11(13(12)23)21(28,29)30/h8-9,17H,4-7H2,1-3H3. The maximum Gasteiger partial charge on any atom is 0.435 e. The van der Waals surface area contributed by atoms with Gasteiger partial charge in [0.2, 0.25) is 12.2 Å². The Kier molecular flexibility index (Phi) is 10.6. The lowest BCUT2D eigenvalue weighted by Crippen LogP contribution is -2.45. The molecule has 0 saturated heterocycles. The summed E-state index contributed by atoms with van der Waals surface area (Å²) < 4.78 is 134. The quantitative estimate of drug-likeness (QED) is 0.159. The lowest BCUT2D eigenvalue weighted by Gasteiger charge is -2.34. The number of halogens is 11. The molecule has 40 heavy (non-hydrogen) atoms. The number of ether oxygens (including phenoxy) is 2. The van der Waals surface area contributed by atoms with Gasteiger partial charge in [-0.1, -0.05) is 18.5 Å². The maximum absolute atomic E-state index is 13.9. The molecule has 224 valence electrons. The molecular formula is C22H20BrClF9N3O4. The third-order valence-corrected chi connectivity index (χ3v) is 6.19. The van der Waals surface area contributed by atoms with Crippen LogP contribution in [0.1, 0.15) is 44.0 Å². The van der Waals surface area contributed by atoms with Crippen molar-refractivity contribution in [2.24, 2.45) is 0 Å². The number of esters is 1. The van der Waals surface area contributed by atoms with Gasteiger partial charge in [-0.3, -0.25) is 14.3 Å². The third kappa shape index (κ3) is 7.21. The average Bonchev–Trinajstić information content (AvgIpc) is 2.81. The Bertz CT molecular complexity index is 1300. The van der Waals surface area contributed by atoms with Crippen LogP contribution < -0.4 is 10.5 Å². The number of rotatable bonds is 9. The van der Waals surface area contributed by atoms with Crippen molar-refractivity contribution in [1.29, 1.82) is 0 Å². The number of nitrogens with zero attached hydrogens (tertiary/aromatic N) is 3. The monoisotopic (exact) mass is 675 g/mol. The number of hydrogen-bond acceptors (Lipinski definition) is 6. The number of carbonyl (C=O) groups excluding carboxylic acids is 1. The van der Waals surface area contributed by atoms with Gasteiger partial charge >= 0.3 is 24.5 Å². The fraction of sp³-hybridized carbons (Fsp3) is 0.500. The van der Waals surface area contributed by atoms with E-state index < -0.39 is 87.4 Å². The van der Waals surface area contributed by atoms with E-state index in [4.69, 9.17) is 21.1 Å². The van der Waals surface area contributed by atoms with E-state index in [9.17, 15) is 49.1 Å². The van der Waals surface area contributed by atoms with Crippen molar-refractivity contribution in [2.75, 3.05) is 18.1 Å². The molecule has 0 saturated carbocycles. The van der Waals surface area contributed by atoms with Gasteiger partial charge in [-0.05, 0) is 48.3 Å². The van der Waals surface area contributed by atoms with Crippen molar-refractivity contribution in [1.82, 2.24) is 9.55 Å². The molecule has 1 aromatic heterocycles. The maximum atomic E-state index is 13.9. The van der Waals surface area contributed by atoms with Crippen molar-refractivity contribution < 1.29 is 53.8 Å². The Morgan fingerprint density at radius 1 is 1.02 bits per heavy atom. The predicted molar refractivity (Wildman–Crippen MR) is 127 cm³/mol. The highest BCUT2D eigenvalue weighted by atomic mass is 79.9. The predicted octanol–water partition coefficient (Wildman–Crippen LogP) is 7.19. The zero-order valence-corrected chi connectivity index (χ0v) is 23.0. The summed E-state index contributed by atoms with van der Waals surface area (Å²) in [4.78, 5) is 29.4. The summed E-state index contributed by atoms with van der Waals surface area (Å²) in [6.45, 7) is 2.79. The van der Waals surface area contributed by atoms with Gasteiger partial charge in [-0.15, -0.1) is 0 Å². The molecule has 2 rings (SSSR count). The third-order valence-electron chi connectivity index (χ3n) is 5.02. The minimum Gasteiger partial charge on any atom is -0.463 e. The molecule has 0 amide bonds. The summed E-state index contributed by atoms with van der Waals surface area (Å²) in [6, 6.07) is -0.101. The lowest BCUT2D eigenvalue weighted by molar-refractivity contribution is -0.155. The van der Waals surface area contributed by atoms with Gasteiger partial charge in [0.25, 0.3) is 5.56 Å². The first-order chi connectivity index (χ1) is 18.3. The number of carbonyl (C=O) groups is 1. The molecule has 1 aromatic carbocycles. The zero-order valence-electron chi connectivity index (χ0n) is 20.7. The van der Waals surface area contributed by atoms with E-state index in [2.05, 4.69) is 20.9 Å². The Hall–Kier alpha value is -2.53. The topological polar surface area (TPSA) is 73.7 Å². The molecule has 1 heterocycles. The number of benzene rings is 1. The molecule has 0 aliphatic heterocycles. The number of hydrogen-bond donors (Lipinski definition) is 0. The van der Waals surface area contributed by atoms with Crippen LogP contribution in [0.5, 0.6) is 0 Å². The second-order valence-corrected chi connectivity index (χ2v) is 8.98. The van der Waals surface area contributed by atoms with Crippen molar-refractivity contribution >= 4 is 45.1 Å².